The molecule has 0 bridgehead atoms. The molecule has 1 saturated heterocycles. The molecule has 2 rings (SSSR count). The molecule has 0 saturated carbocycles. The highest BCUT2D eigenvalue weighted by molar-refractivity contribution is 9.10. The second-order valence-electron chi connectivity index (χ2n) is 5.39. The predicted molar refractivity (Wildman–Crippen MR) is 85.7 cm³/mol. The van der Waals surface area contributed by atoms with Crippen LogP contribution in [0.5, 0.6) is 0 Å². The summed E-state index contributed by atoms with van der Waals surface area (Å²) in [5, 5.41) is 2.76. The third-order valence-electron chi connectivity index (χ3n) is 3.86. The van der Waals surface area contributed by atoms with Gasteiger partial charge in [0.25, 0.3) is 0 Å². The number of halogens is 1. The molecule has 1 heterocycles. The zero-order chi connectivity index (χ0) is 14.7. The summed E-state index contributed by atoms with van der Waals surface area (Å²) < 4.78 is 1.04. The number of piperidine rings is 1. The highest BCUT2D eigenvalue weighted by Gasteiger charge is 2.26. The molecule has 0 aromatic heterocycles. The van der Waals surface area contributed by atoms with E-state index in [1.54, 1.807) is 7.05 Å². The summed E-state index contributed by atoms with van der Waals surface area (Å²) in [6.45, 7) is 3.73. The first-order valence-electron chi connectivity index (χ1n) is 7.04. The quantitative estimate of drug-likeness (QED) is 0.889. The number of hydrogen-bond donors (Lipinski definition) is 2. The third kappa shape index (κ3) is 3.33. The molecule has 2 atom stereocenters. The Morgan fingerprint density at radius 3 is 2.95 bits per heavy atom. The maximum absolute atomic E-state index is 11.9. The summed E-state index contributed by atoms with van der Waals surface area (Å²) in [6.07, 6.45) is 1.99. The van der Waals surface area contributed by atoms with Crippen LogP contribution >= 0.6 is 15.9 Å². The Labute approximate surface area is 128 Å². The lowest BCUT2D eigenvalue weighted by atomic mass is 9.95. The van der Waals surface area contributed by atoms with Crippen LogP contribution in [-0.2, 0) is 4.79 Å². The average Bonchev–Trinajstić information content (AvgIpc) is 2.46. The van der Waals surface area contributed by atoms with Crippen molar-refractivity contribution in [2.45, 2.75) is 25.8 Å². The Hall–Kier alpha value is -1.07. The summed E-state index contributed by atoms with van der Waals surface area (Å²) in [7, 11) is 1.70. The van der Waals surface area contributed by atoms with Gasteiger partial charge in [0.15, 0.2) is 0 Å². The Balaban J connectivity index is 2.26. The van der Waals surface area contributed by atoms with Crippen molar-refractivity contribution in [3.63, 3.8) is 0 Å². The topological polar surface area (TPSA) is 58.4 Å². The van der Waals surface area contributed by atoms with Crippen LogP contribution in [0.2, 0.25) is 0 Å². The van der Waals surface area contributed by atoms with E-state index in [1.807, 2.05) is 13.0 Å². The molecule has 5 heteroatoms. The number of nitrogens with two attached hydrogens (primary N) is 1. The van der Waals surface area contributed by atoms with E-state index in [9.17, 15) is 4.79 Å². The smallest absolute Gasteiger partial charge is 0.224 e. The van der Waals surface area contributed by atoms with Crippen LogP contribution in [0, 0.1) is 5.92 Å². The van der Waals surface area contributed by atoms with E-state index in [2.05, 4.69) is 38.3 Å². The van der Waals surface area contributed by atoms with Crippen LogP contribution in [-0.4, -0.2) is 26.0 Å². The normalized spacial score (nSPS) is 20.6. The van der Waals surface area contributed by atoms with Crippen molar-refractivity contribution in [2.24, 2.45) is 11.7 Å². The molecule has 20 heavy (non-hydrogen) atoms. The highest BCUT2D eigenvalue weighted by Crippen LogP contribution is 2.32. The van der Waals surface area contributed by atoms with Crippen molar-refractivity contribution in [3.8, 4) is 0 Å². The van der Waals surface area contributed by atoms with Crippen LogP contribution in [0.4, 0.5) is 5.69 Å². The fourth-order valence-corrected chi connectivity index (χ4v) is 3.14. The molecule has 1 amide bonds. The molecule has 3 N–H and O–H groups in total. The minimum absolute atomic E-state index is 0.0153. The largest absolute Gasteiger partial charge is 0.370 e. The highest BCUT2D eigenvalue weighted by atomic mass is 79.9. The average molecular weight is 340 g/mol. The lowest BCUT2D eigenvalue weighted by molar-refractivity contribution is -0.124. The van der Waals surface area contributed by atoms with Crippen LogP contribution in [0.15, 0.2) is 22.7 Å². The number of amides is 1. The number of nitrogens with zero attached hydrogens (tertiary/aromatic N) is 1. The number of nitrogens with one attached hydrogen (secondary N) is 1. The number of carbonyl (C=O) groups excluding carboxylic acids is 1. The maximum atomic E-state index is 11.9. The number of carbonyl (C=O) groups is 1. The zero-order valence-corrected chi connectivity index (χ0v) is 13.6. The molecule has 110 valence electrons. The molecular formula is C15H22BrN3O. The van der Waals surface area contributed by atoms with Crippen molar-refractivity contribution in [1.29, 1.82) is 0 Å². The standard InChI is InChI=1S/C15H22BrN3O/c1-10(17)13-6-5-12(16)8-14(13)19-7-3-4-11(9-19)15(20)18-2/h5-6,8,10-11H,3-4,7,9,17H2,1-2H3,(H,18,20). The summed E-state index contributed by atoms with van der Waals surface area (Å²) in [5.74, 6) is 0.195. The second-order valence-corrected chi connectivity index (χ2v) is 6.31. The molecule has 1 fully saturated rings. The Morgan fingerprint density at radius 1 is 1.55 bits per heavy atom. The number of benzene rings is 1. The molecule has 2 unspecified atom stereocenters. The van der Waals surface area contributed by atoms with Crippen LogP contribution in [0.3, 0.4) is 0 Å². The van der Waals surface area contributed by atoms with Gasteiger partial charge in [-0.2, -0.15) is 0 Å². The van der Waals surface area contributed by atoms with Gasteiger partial charge in [-0.25, -0.2) is 0 Å². The third-order valence-corrected chi connectivity index (χ3v) is 4.36. The van der Waals surface area contributed by atoms with Gasteiger partial charge in [-0.15, -0.1) is 0 Å². The summed E-state index contributed by atoms with van der Waals surface area (Å²) in [6, 6.07) is 6.17. The molecule has 1 aliphatic rings. The first-order chi connectivity index (χ1) is 9.52. The number of anilines is 1. The van der Waals surface area contributed by atoms with E-state index >= 15 is 0 Å². The van der Waals surface area contributed by atoms with Gasteiger partial charge in [-0.1, -0.05) is 22.0 Å². The van der Waals surface area contributed by atoms with E-state index in [4.69, 9.17) is 5.73 Å². The van der Waals surface area contributed by atoms with Gasteiger partial charge >= 0.3 is 0 Å². The minimum atomic E-state index is -0.0153. The summed E-state index contributed by atoms with van der Waals surface area (Å²) in [5.41, 5.74) is 8.34. The van der Waals surface area contributed by atoms with Crippen LogP contribution < -0.4 is 16.0 Å². The molecule has 0 radical (unpaired) electrons. The van der Waals surface area contributed by atoms with Crippen molar-refractivity contribution < 1.29 is 4.79 Å². The molecule has 0 aliphatic carbocycles. The van der Waals surface area contributed by atoms with Gasteiger partial charge in [0.2, 0.25) is 5.91 Å². The first-order valence-corrected chi connectivity index (χ1v) is 7.83. The van der Waals surface area contributed by atoms with Crippen molar-refractivity contribution >= 4 is 27.5 Å². The Morgan fingerprint density at radius 2 is 2.30 bits per heavy atom. The molecular weight excluding hydrogens is 318 g/mol. The first kappa shape index (κ1) is 15.3. The summed E-state index contributed by atoms with van der Waals surface area (Å²) >= 11 is 3.52. The molecule has 1 aliphatic heterocycles. The number of hydrogen-bond acceptors (Lipinski definition) is 3. The van der Waals surface area contributed by atoms with E-state index in [0.29, 0.717) is 0 Å². The van der Waals surface area contributed by atoms with Gasteiger partial charge in [0.05, 0.1) is 5.92 Å². The van der Waals surface area contributed by atoms with Gasteiger partial charge < -0.3 is 16.0 Å². The number of rotatable bonds is 3. The zero-order valence-electron chi connectivity index (χ0n) is 12.0. The van der Waals surface area contributed by atoms with Gasteiger partial charge in [-0.05, 0) is 37.5 Å². The van der Waals surface area contributed by atoms with Crippen LogP contribution in [0.1, 0.15) is 31.4 Å². The van der Waals surface area contributed by atoms with Gasteiger partial charge in [-0.3, -0.25) is 4.79 Å². The van der Waals surface area contributed by atoms with Gasteiger partial charge in [0.1, 0.15) is 0 Å². The monoisotopic (exact) mass is 339 g/mol. The van der Waals surface area contributed by atoms with E-state index < -0.39 is 0 Å². The molecule has 1 aromatic carbocycles. The van der Waals surface area contributed by atoms with Crippen LogP contribution in [0.25, 0.3) is 0 Å². The van der Waals surface area contributed by atoms with Crippen molar-refractivity contribution in [1.82, 2.24) is 5.32 Å². The predicted octanol–water partition coefficient (Wildman–Crippen LogP) is 2.43. The summed E-state index contributed by atoms with van der Waals surface area (Å²) in [4.78, 5) is 14.1. The SMILES string of the molecule is CNC(=O)C1CCCN(c2cc(Br)ccc2C(C)N)C1. The maximum Gasteiger partial charge on any atom is 0.224 e. The van der Waals surface area contributed by atoms with Crippen molar-refractivity contribution in [2.75, 3.05) is 25.0 Å². The Kier molecular flexibility index (Phi) is 5.05. The van der Waals surface area contributed by atoms with E-state index in [1.165, 1.54) is 0 Å². The van der Waals surface area contributed by atoms with Gasteiger partial charge in [0, 0.05) is 36.3 Å². The molecule has 1 aromatic rings. The molecule has 0 spiro atoms. The Bertz CT molecular complexity index is 490. The van der Waals surface area contributed by atoms with E-state index in [0.717, 1.165) is 41.7 Å². The van der Waals surface area contributed by atoms with Crippen molar-refractivity contribution in [3.05, 3.63) is 28.2 Å². The van der Waals surface area contributed by atoms with E-state index in [-0.39, 0.29) is 17.9 Å². The second kappa shape index (κ2) is 6.59. The fourth-order valence-electron chi connectivity index (χ4n) is 2.79. The lowest BCUT2D eigenvalue weighted by Gasteiger charge is -2.35. The lowest BCUT2D eigenvalue weighted by Crippen LogP contribution is -2.42. The fraction of sp³-hybridized carbons (Fsp3) is 0.533. The molecule has 4 nitrogen and oxygen atoms in total. The minimum Gasteiger partial charge on any atom is -0.370 e.